The number of rotatable bonds is 8. The largest absolute Gasteiger partial charge is 0.497 e. The molecule has 0 amide bonds. The van der Waals surface area contributed by atoms with Crippen molar-refractivity contribution in [1.29, 1.82) is 0 Å². The fourth-order valence-electron chi connectivity index (χ4n) is 3.26. The lowest BCUT2D eigenvalue weighted by molar-refractivity contribution is -0.385. The van der Waals surface area contributed by atoms with Crippen molar-refractivity contribution < 1.29 is 33.5 Å². The Labute approximate surface area is 205 Å². The molecule has 0 radical (unpaired) electrons. The smallest absolute Gasteiger partial charge is 0.361 e. The summed E-state index contributed by atoms with van der Waals surface area (Å²) >= 11 is 0. The molecule has 0 atom stereocenters. The van der Waals surface area contributed by atoms with Crippen LogP contribution in [0.25, 0.3) is 0 Å². The maximum Gasteiger partial charge on any atom is 0.361 e. The Balaban J connectivity index is 2.13. The Kier molecular flexibility index (Phi) is 7.47. The van der Waals surface area contributed by atoms with Crippen LogP contribution in [-0.2, 0) is 16.0 Å². The van der Waals surface area contributed by atoms with E-state index in [1.54, 1.807) is 45.0 Å². The van der Waals surface area contributed by atoms with Gasteiger partial charge < -0.3 is 14.2 Å². The van der Waals surface area contributed by atoms with Crippen molar-refractivity contribution in [2.45, 2.75) is 32.9 Å². The Morgan fingerprint density at radius 3 is 2.25 bits per heavy atom. The number of benzene rings is 2. The van der Waals surface area contributed by atoms with Crippen LogP contribution in [0.15, 0.2) is 42.5 Å². The number of ketones is 1. The first-order valence-corrected chi connectivity index (χ1v) is 10.7. The number of hydrogen-bond donors (Lipinski definition) is 0. The second kappa shape index (κ2) is 10.3. The maximum absolute atomic E-state index is 13.6. The average Bonchev–Trinajstić information content (AvgIpc) is 3.25. The molecule has 1 aromatic heterocycles. The summed E-state index contributed by atoms with van der Waals surface area (Å²) in [6, 6.07) is 10.2. The summed E-state index contributed by atoms with van der Waals surface area (Å²) in [4.78, 5) is 49.3. The Bertz CT molecular complexity index is 1320. The first-order valence-electron chi connectivity index (χ1n) is 10.7. The summed E-state index contributed by atoms with van der Waals surface area (Å²) in [6.07, 6.45) is 0. The molecule has 12 heteroatoms. The number of aromatic nitrogens is 3. The van der Waals surface area contributed by atoms with Gasteiger partial charge in [0.25, 0.3) is 5.69 Å². The molecule has 0 aliphatic rings. The van der Waals surface area contributed by atoms with Crippen LogP contribution in [0.2, 0.25) is 0 Å². The number of nitro groups is 1. The molecule has 0 N–H and O–H groups in total. The Hall–Kier alpha value is -4.61. The molecule has 2 aromatic carbocycles. The summed E-state index contributed by atoms with van der Waals surface area (Å²) in [5, 5.41) is 19.6. The van der Waals surface area contributed by atoms with Gasteiger partial charge in [-0.2, -0.15) is 0 Å². The van der Waals surface area contributed by atoms with E-state index in [1.807, 2.05) is 0 Å². The molecule has 0 aliphatic heterocycles. The van der Waals surface area contributed by atoms with Crippen molar-refractivity contribution in [3.05, 3.63) is 80.7 Å². The maximum atomic E-state index is 13.6. The molecule has 0 bridgehead atoms. The lowest BCUT2D eigenvalue weighted by Gasteiger charge is -2.18. The zero-order chi connectivity index (χ0) is 26.6. The van der Waals surface area contributed by atoms with Gasteiger partial charge in [0, 0.05) is 6.07 Å². The Morgan fingerprint density at radius 2 is 1.69 bits per heavy atom. The SMILES string of the molecule is COC(=O)c1ccc(C(=O)c2c(C(=O)OC(C)(C)C)nnn2Cc2ccc(OC)cc2)c([N+](=O)[O-])c1. The molecule has 36 heavy (non-hydrogen) atoms. The van der Waals surface area contributed by atoms with Crippen LogP contribution in [0.1, 0.15) is 63.2 Å². The minimum Gasteiger partial charge on any atom is -0.497 e. The highest BCUT2D eigenvalue weighted by molar-refractivity contribution is 6.15. The van der Waals surface area contributed by atoms with Crippen molar-refractivity contribution in [1.82, 2.24) is 15.0 Å². The van der Waals surface area contributed by atoms with Gasteiger partial charge in [0.1, 0.15) is 22.6 Å². The summed E-state index contributed by atoms with van der Waals surface area (Å²) in [6.45, 7) is 4.95. The number of carbonyl (C=O) groups is 3. The highest BCUT2D eigenvalue weighted by atomic mass is 16.6. The zero-order valence-corrected chi connectivity index (χ0v) is 20.3. The normalized spacial score (nSPS) is 11.0. The van der Waals surface area contributed by atoms with Gasteiger partial charge in [0.05, 0.1) is 31.3 Å². The number of nitrogens with zero attached hydrogens (tertiary/aromatic N) is 4. The second-order valence-corrected chi connectivity index (χ2v) is 8.60. The molecule has 0 spiro atoms. The predicted molar refractivity (Wildman–Crippen MR) is 125 cm³/mol. The first-order chi connectivity index (χ1) is 16.9. The fourth-order valence-corrected chi connectivity index (χ4v) is 3.26. The van der Waals surface area contributed by atoms with E-state index in [4.69, 9.17) is 9.47 Å². The minimum atomic E-state index is -0.916. The lowest BCUT2D eigenvalue weighted by atomic mass is 10.0. The van der Waals surface area contributed by atoms with Gasteiger partial charge >= 0.3 is 11.9 Å². The molecule has 0 unspecified atom stereocenters. The van der Waals surface area contributed by atoms with E-state index in [1.165, 1.54) is 17.9 Å². The van der Waals surface area contributed by atoms with Gasteiger partial charge in [0.2, 0.25) is 11.5 Å². The molecule has 12 nitrogen and oxygen atoms in total. The number of carbonyl (C=O) groups excluding carboxylic acids is 3. The third-order valence-electron chi connectivity index (χ3n) is 4.89. The van der Waals surface area contributed by atoms with Crippen molar-refractivity contribution in [3.63, 3.8) is 0 Å². The van der Waals surface area contributed by atoms with Gasteiger partial charge in [-0.15, -0.1) is 5.10 Å². The lowest BCUT2D eigenvalue weighted by Crippen LogP contribution is -2.26. The van der Waals surface area contributed by atoms with Crippen molar-refractivity contribution in [3.8, 4) is 5.75 Å². The van der Waals surface area contributed by atoms with Gasteiger partial charge in [-0.25, -0.2) is 14.3 Å². The zero-order valence-electron chi connectivity index (χ0n) is 20.3. The van der Waals surface area contributed by atoms with E-state index in [0.717, 1.165) is 19.2 Å². The third kappa shape index (κ3) is 5.71. The fraction of sp³-hybridized carbons (Fsp3) is 0.292. The average molecular weight is 496 g/mol. The summed E-state index contributed by atoms with van der Waals surface area (Å²) in [5.41, 5.74) is -2.01. The van der Waals surface area contributed by atoms with Crippen molar-refractivity contribution in [2.75, 3.05) is 14.2 Å². The number of methoxy groups -OCH3 is 2. The van der Waals surface area contributed by atoms with Crippen molar-refractivity contribution >= 4 is 23.4 Å². The summed E-state index contributed by atoms with van der Waals surface area (Å²) in [7, 11) is 2.65. The van der Waals surface area contributed by atoms with Crippen LogP contribution in [0.5, 0.6) is 5.75 Å². The van der Waals surface area contributed by atoms with Crippen LogP contribution < -0.4 is 4.74 Å². The number of ether oxygens (including phenoxy) is 3. The summed E-state index contributed by atoms with van der Waals surface area (Å²) < 4.78 is 16.3. The van der Waals surface area contributed by atoms with E-state index in [9.17, 15) is 24.5 Å². The van der Waals surface area contributed by atoms with Crippen LogP contribution in [0.3, 0.4) is 0 Å². The Morgan fingerprint density at radius 1 is 1.03 bits per heavy atom. The molecule has 0 saturated heterocycles. The first kappa shape index (κ1) is 26.0. The molecule has 3 aromatic rings. The summed E-state index contributed by atoms with van der Waals surface area (Å²) in [5.74, 6) is -2.00. The molecular weight excluding hydrogens is 472 g/mol. The van der Waals surface area contributed by atoms with Gasteiger partial charge in [-0.3, -0.25) is 14.9 Å². The van der Waals surface area contributed by atoms with Crippen molar-refractivity contribution in [2.24, 2.45) is 0 Å². The highest BCUT2D eigenvalue weighted by Crippen LogP contribution is 2.26. The van der Waals surface area contributed by atoms with E-state index in [0.29, 0.717) is 11.3 Å². The third-order valence-corrected chi connectivity index (χ3v) is 4.89. The topological polar surface area (TPSA) is 153 Å². The van der Waals surface area contributed by atoms with E-state index in [2.05, 4.69) is 15.0 Å². The molecular formula is C24H24N4O8. The van der Waals surface area contributed by atoms with E-state index < -0.39 is 39.6 Å². The van der Waals surface area contributed by atoms with Gasteiger partial charge in [0.15, 0.2) is 0 Å². The number of hydrogen-bond acceptors (Lipinski definition) is 10. The van der Waals surface area contributed by atoms with Gasteiger partial charge in [-0.05, 0) is 50.6 Å². The van der Waals surface area contributed by atoms with Crippen LogP contribution in [0.4, 0.5) is 5.69 Å². The molecule has 1 heterocycles. The molecule has 0 saturated carbocycles. The minimum absolute atomic E-state index is 0.0227. The quantitative estimate of drug-likeness (QED) is 0.197. The molecule has 0 fully saturated rings. The highest BCUT2D eigenvalue weighted by Gasteiger charge is 2.33. The second-order valence-electron chi connectivity index (χ2n) is 8.60. The number of nitro benzene ring substituents is 1. The molecule has 0 aliphatic carbocycles. The van der Waals surface area contributed by atoms with Crippen LogP contribution >= 0.6 is 0 Å². The standard InChI is InChI=1S/C24H24N4O8/c1-24(2,3)36-23(31)19-20(27(26-25-19)13-14-6-9-16(34-4)10-7-14)21(29)17-11-8-15(22(30)35-5)12-18(17)28(32)33/h6-12H,13H2,1-5H3. The number of esters is 2. The van der Waals surface area contributed by atoms with Gasteiger partial charge in [-0.1, -0.05) is 17.3 Å². The molecule has 3 rings (SSSR count). The van der Waals surface area contributed by atoms with Crippen LogP contribution in [-0.4, -0.2) is 57.5 Å². The molecule has 188 valence electrons. The monoisotopic (exact) mass is 496 g/mol. The predicted octanol–water partition coefficient (Wildman–Crippen LogP) is 3.22. The van der Waals surface area contributed by atoms with Crippen LogP contribution in [0, 0.1) is 10.1 Å². The van der Waals surface area contributed by atoms with E-state index >= 15 is 0 Å². The van der Waals surface area contributed by atoms with E-state index in [-0.39, 0.29) is 23.4 Å².